The van der Waals surface area contributed by atoms with Gasteiger partial charge in [-0.1, -0.05) is 48.2 Å². The summed E-state index contributed by atoms with van der Waals surface area (Å²) in [5.41, 5.74) is 0. The number of hydrogen-bond donors (Lipinski definition) is 0. The van der Waals surface area contributed by atoms with Crippen LogP contribution in [-0.4, -0.2) is 19.3 Å². The molecular weight excluding hydrogens is 389 g/mol. The van der Waals surface area contributed by atoms with Crippen molar-refractivity contribution in [1.82, 2.24) is 0 Å². The van der Waals surface area contributed by atoms with Gasteiger partial charge in [-0.3, -0.25) is 0 Å². The van der Waals surface area contributed by atoms with E-state index in [9.17, 15) is 18.0 Å². The van der Waals surface area contributed by atoms with E-state index in [4.69, 9.17) is 4.74 Å². The summed E-state index contributed by atoms with van der Waals surface area (Å²) in [5, 5.41) is 0. The summed E-state index contributed by atoms with van der Waals surface area (Å²) in [6.45, 7) is 0. The van der Waals surface area contributed by atoms with E-state index in [-0.39, 0.29) is 5.75 Å². The minimum absolute atomic E-state index is 0.182. The van der Waals surface area contributed by atoms with Crippen LogP contribution >= 0.6 is 11.8 Å². The fourth-order valence-corrected chi connectivity index (χ4v) is 2.78. The molecule has 0 aliphatic carbocycles. The Morgan fingerprint density at radius 3 is 1.57 bits per heavy atom. The Bertz CT molecular complexity index is 814. The summed E-state index contributed by atoms with van der Waals surface area (Å²) in [4.78, 5) is 13.0. The van der Waals surface area contributed by atoms with Crippen molar-refractivity contribution in [1.29, 1.82) is 0 Å². The van der Waals surface area contributed by atoms with Crippen LogP contribution in [-0.2, 0) is 4.79 Å². The van der Waals surface area contributed by atoms with Crippen LogP contribution in [0.5, 0.6) is 11.5 Å². The van der Waals surface area contributed by atoms with E-state index in [0.29, 0.717) is 5.75 Å². The van der Waals surface area contributed by atoms with Gasteiger partial charge in [-0.2, -0.15) is 13.2 Å². The van der Waals surface area contributed by atoms with Crippen LogP contribution in [0.15, 0.2) is 94.7 Å². The molecule has 0 saturated heterocycles. The van der Waals surface area contributed by atoms with Gasteiger partial charge < -0.3 is 9.47 Å². The van der Waals surface area contributed by atoms with Gasteiger partial charge in [0.1, 0.15) is 11.5 Å². The van der Waals surface area contributed by atoms with Crippen LogP contribution in [0.1, 0.15) is 0 Å². The van der Waals surface area contributed by atoms with E-state index in [0.717, 1.165) is 0 Å². The van der Waals surface area contributed by atoms with Crippen molar-refractivity contribution in [2.75, 3.05) is 7.11 Å². The SMILES string of the molecule is COc1ccc(OC(=O)C(F)(F)F)cc1.c1ccc(Sc2ccccc2)cc1. The predicted octanol–water partition coefficient (Wildman–Crippen LogP) is 6.00. The van der Waals surface area contributed by atoms with Gasteiger partial charge in [0.05, 0.1) is 7.11 Å². The van der Waals surface area contributed by atoms with Crippen molar-refractivity contribution in [3.8, 4) is 11.5 Å². The quantitative estimate of drug-likeness (QED) is 0.393. The van der Waals surface area contributed by atoms with Crippen molar-refractivity contribution in [2.24, 2.45) is 0 Å². The third-order valence-electron chi connectivity index (χ3n) is 3.22. The molecule has 0 fully saturated rings. The topological polar surface area (TPSA) is 35.5 Å². The van der Waals surface area contributed by atoms with Gasteiger partial charge in [-0.05, 0) is 48.5 Å². The van der Waals surface area contributed by atoms with E-state index in [2.05, 4.69) is 53.3 Å². The molecule has 0 atom stereocenters. The number of halogens is 3. The van der Waals surface area contributed by atoms with E-state index in [1.165, 1.54) is 41.2 Å². The average molecular weight is 406 g/mol. The molecule has 0 radical (unpaired) electrons. The van der Waals surface area contributed by atoms with Gasteiger partial charge in [-0.25, -0.2) is 4.79 Å². The predicted molar refractivity (Wildman–Crippen MR) is 102 cm³/mol. The summed E-state index contributed by atoms with van der Waals surface area (Å²) >= 11 is 1.79. The molecule has 0 saturated carbocycles. The molecule has 0 N–H and O–H groups in total. The lowest BCUT2D eigenvalue weighted by Gasteiger charge is -2.06. The van der Waals surface area contributed by atoms with Gasteiger partial charge >= 0.3 is 12.1 Å². The van der Waals surface area contributed by atoms with Crippen LogP contribution in [0, 0.1) is 0 Å². The maximum Gasteiger partial charge on any atom is 0.491 e. The van der Waals surface area contributed by atoms with Gasteiger partial charge in [0.25, 0.3) is 0 Å². The van der Waals surface area contributed by atoms with E-state index >= 15 is 0 Å². The normalized spacial score (nSPS) is 10.4. The molecule has 0 heterocycles. The number of alkyl halides is 3. The fourth-order valence-electron chi connectivity index (χ4n) is 1.92. The molecule has 0 bridgehead atoms. The highest BCUT2D eigenvalue weighted by molar-refractivity contribution is 7.99. The zero-order valence-corrected chi connectivity index (χ0v) is 15.7. The van der Waals surface area contributed by atoms with Crippen molar-refractivity contribution in [2.45, 2.75) is 16.0 Å². The second-order valence-electron chi connectivity index (χ2n) is 5.29. The molecule has 0 aliphatic heterocycles. The molecule has 7 heteroatoms. The van der Waals surface area contributed by atoms with E-state index in [1.807, 2.05) is 12.1 Å². The van der Waals surface area contributed by atoms with Crippen LogP contribution in [0.3, 0.4) is 0 Å². The summed E-state index contributed by atoms with van der Waals surface area (Å²) < 4.78 is 44.2. The Hall–Kier alpha value is -2.93. The molecule has 0 spiro atoms. The van der Waals surface area contributed by atoms with Crippen LogP contribution in [0.4, 0.5) is 13.2 Å². The summed E-state index contributed by atoms with van der Waals surface area (Å²) in [7, 11) is 1.41. The highest BCUT2D eigenvalue weighted by Gasteiger charge is 2.41. The molecular formula is C21H17F3O3S. The van der Waals surface area contributed by atoms with Gasteiger partial charge in [0.2, 0.25) is 0 Å². The first-order valence-electron chi connectivity index (χ1n) is 8.09. The molecule has 3 nitrogen and oxygen atoms in total. The minimum atomic E-state index is -4.99. The van der Waals surface area contributed by atoms with Crippen molar-refractivity contribution in [3.05, 3.63) is 84.9 Å². The Balaban J connectivity index is 0.000000202. The van der Waals surface area contributed by atoms with Crippen LogP contribution in [0.2, 0.25) is 0 Å². The highest BCUT2D eigenvalue weighted by Crippen LogP contribution is 2.26. The monoisotopic (exact) mass is 406 g/mol. The van der Waals surface area contributed by atoms with Crippen molar-refractivity contribution < 1.29 is 27.4 Å². The fraction of sp³-hybridized carbons (Fsp3) is 0.0952. The lowest BCUT2D eigenvalue weighted by atomic mass is 10.3. The first-order valence-corrected chi connectivity index (χ1v) is 8.91. The Morgan fingerprint density at radius 2 is 1.18 bits per heavy atom. The molecule has 3 aromatic rings. The van der Waals surface area contributed by atoms with Gasteiger partial charge in [0.15, 0.2) is 0 Å². The van der Waals surface area contributed by atoms with Crippen LogP contribution < -0.4 is 9.47 Å². The Labute approximate surface area is 165 Å². The van der Waals surface area contributed by atoms with Crippen LogP contribution in [0.25, 0.3) is 0 Å². The summed E-state index contributed by atoms with van der Waals surface area (Å²) in [6.07, 6.45) is -4.99. The third kappa shape index (κ3) is 7.36. The van der Waals surface area contributed by atoms with Gasteiger partial charge in [0, 0.05) is 9.79 Å². The number of methoxy groups -OCH3 is 1. The van der Waals surface area contributed by atoms with E-state index in [1.54, 1.807) is 11.8 Å². The summed E-state index contributed by atoms with van der Waals surface area (Å²) in [6, 6.07) is 26.0. The summed E-state index contributed by atoms with van der Waals surface area (Å²) in [5.74, 6) is -1.97. The number of carbonyl (C=O) groups is 1. The number of benzene rings is 3. The number of hydrogen-bond acceptors (Lipinski definition) is 4. The number of carbonyl (C=O) groups excluding carboxylic acids is 1. The first kappa shape index (κ1) is 21.4. The van der Waals surface area contributed by atoms with E-state index < -0.39 is 12.1 Å². The molecule has 0 unspecified atom stereocenters. The molecule has 28 heavy (non-hydrogen) atoms. The number of esters is 1. The Morgan fingerprint density at radius 1 is 0.750 bits per heavy atom. The minimum Gasteiger partial charge on any atom is -0.497 e. The number of rotatable bonds is 4. The Kier molecular flexibility index (Phi) is 7.95. The average Bonchev–Trinajstić information content (AvgIpc) is 2.70. The van der Waals surface area contributed by atoms with Crippen molar-refractivity contribution >= 4 is 17.7 Å². The number of ether oxygens (including phenoxy) is 2. The first-order chi connectivity index (χ1) is 13.4. The highest BCUT2D eigenvalue weighted by atomic mass is 32.2. The lowest BCUT2D eigenvalue weighted by molar-refractivity contribution is -0.189. The zero-order chi connectivity index (χ0) is 20.4. The standard InChI is InChI=1S/C12H10S.C9H7F3O3/c1-3-7-11(8-4-1)13-12-9-5-2-6-10-12;1-14-6-2-4-7(5-3-6)15-8(13)9(10,11)12/h1-10H;2-5H,1H3. The lowest BCUT2D eigenvalue weighted by Crippen LogP contribution is -2.27. The maximum atomic E-state index is 11.8. The zero-order valence-electron chi connectivity index (χ0n) is 14.8. The largest absolute Gasteiger partial charge is 0.497 e. The molecule has 0 aliphatic rings. The third-order valence-corrected chi connectivity index (χ3v) is 4.24. The second-order valence-corrected chi connectivity index (χ2v) is 6.44. The maximum absolute atomic E-state index is 11.8. The molecule has 0 amide bonds. The van der Waals surface area contributed by atoms with Gasteiger partial charge in [-0.15, -0.1) is 0 Å². The second kappa shape index (κ2) is 10.4. The molecule has 3 rings (SSSR count). The van der Waals surface area contributed by atoms with Crippen molar-refractivity contribution in [3.63, 3.8) is 0 Å². The molecule has 0 aromatic heterocycles. The molecule has 3 aromatic carbocycles. The smallest absolute Gasteiger partial charge is 0.491 e. The molecule has 146 valence electrons.